The molecule has 2 atom stereocenters. The van der Waals surface area contributed by atoms with E-state index in [1.807, 2.05) is 20.8 Å². The molecule has 1 aliphatic heterocycles. The first-order valence-corrected chi connectivity index (χ1v) is 6.94. The average Bonchev–Trinajstić information content (AvgIpc) is 2.80. The Balaban J connectivity index is 2.12. The zero-order valence-electron chi connectivity index (χ0n) is 12.0. The zero-order chi connectivity index (χ0) is 14.3. The summed E-state index contributed by atoms with van der Waals surface area (Å²) in [4.78, 5) is 23.0. The Hall–Kier alpha value is -1.30. The summed E-state index contributed by atoms with van der Waals surface area (Å²) in [5.41, 5.74) is 0. The van der Waals surface area contributed by atoms with E-state index in [0.717, 1.165) is 19.4 Å². The van der Waals surface area contributed by atoms with E-state index in [-0.39, 0.29) is 30.1 Å². The minimum absolute atomic E-state index is 0.00742. The van der Waals surface area contributed by atoms with Gasteiger partial charge in [-0.1, -0.05) is 0 Å². The minimum Gasteiger partial charge on any atom is -0.376 e. The summed E-state index contributed by atoms with van der Waals surface area (Å²) < 4.78 is 5.50. The summed E-state index contributed by atoms with van der Waals surface area (Å²) in [5, 5.41) is 8.28. The molecule has 6 nitrogen and oxygen atoms in total. The number of hydrogen-bond acceptors (Lipinski definition) is 3. The average molecular weight is 271 g/mol. The molecule has 0 aliphatic carbocycles. The van der Waals surface area contributed by atoms with E-state index in [9.17, 15) is 9.59 Å². The van der Waals surface area contributed by atoms with Crippen LogP contribution in [0.2, 0.25) is 0 Å². The molecule has 6 heteroatoms. The van der Waals surface area contributed by atoms with Crippen LogP contribution < -0.4 is 16.0 Å². The van der Waals surface area contributed by atoms with Gasteiger partial charge in [0.1, 0.15) is 0 Å². The van der Waals surface area contributed by atoms with Gasteiger partial charge in [-0.25, -0.2) is 4.79 Å². The summed E-state index contributed by atoms with van der Waals surface area (Å²) in [7, 11) is 0. The Morgan fingerprint density at radius 2 is 2.00 bits per heavy atom. The van der Waals surface area contributed by atoms with Crippen LogP contribution in [0, 0.1) is 0 Å². The molecule has 3 N–H and O–H groups in total. The fraction of sp³-hybridized carbons (Fsp3) is 0.846. The van der Waals surface area contributed by atoms with E-state index in [0.29, 0.717) is 13.0 Å². The number of urea groups is 1. The molecular formula is C13H25N3O3. The monoisotopic (exact) mass is 271 g/mol. The summed E-state index contributed by atoms with van der Waals surface area (Å²) >= 11 is 0. The molecule has 1 fully saturated rings. The number of amides is 3. The maximum Gasteiger partial charge on any atom is 0.315 e. The van der Waals surface area contributed by atoms with Gasteiger partial charge in [0.25, 0.3) is 0 Å². The normalized spacial score (nSPS) is 20.1. The molecule has 0 aromatic rings. The molecule has 0 radical (unpaired) electrons. The summed E-state index contributed by atoms with van der Waals surface area (Å²) in [5.74, 6) is -0.0533. The molecule has 19 heavy (non-hydrogen) atoms. The third-order valence-corrected chi connectivity index (χ3v) is 2.97. The van der Waals surface area contributed by atoms with Gasteiger partial charge >= 0.3 is 6.03 Å². The second-order valence-corrected chi connectivity index (χ2v) is 5.21. The van der Waals surface area contributed by atoms with Crippen molar-refractivity contribution in [3.05, 3.63) is 0 Å². The van der Waals surface area contributed by atoms with Gasteiger partial charge < -0.3 is 20.7 Å². The van der Waals surface area contributed by atoms with Gasteiger partial charge in [-0.2, -0.15) is 0 Å². The van der Waals surface area contributed by atoms with Gasteiger partial charge in [-0.05, 0) is 33.6 Å². The van der Waals surface area contributed by atoms with E-state index in [1.54, 1.807) is 0 Å². The van der Waals surface area contributed by atoms with E-state index >= 15 is 0 Å². The largest absolute Gasteiger partial charge is 0.376 e. The van der Waals surface area contributed by atoms with Crippen LogP contribution in [-0.4, -0.2) is 43.3 Å². The molecule has 0 saturated carbocycles. The predicted octanol–water partition coefficient (Wildman–Crippen LogP) is 0.768. The van der Waals surface area contributed by atoms with Crippen LogP contribution in [0.4, 0.5) is 4.79 Å². The van der Waals surface area contributed by atoms with Gasteiger partial charge in [0.15, 0.2) is 0 Å². The highest BCUT2D eigenvalue weighted by Gasteiger charge is 2.23. The van der Waals surface area contributed by atoms with Crippen molar-refractivity contribution in [1.82, 2.24) is 16.0 Å². The van der Waals surface area contributed by atoms with Crippen molar-refractivity contribution in [3.8, 4) is 0 Å². The highest BCUT2D eigenvalue weighted by atomic mass is 16.5. The number of rotatable bonds is 6. The number of nitrogens with one attached hydrogen (secondary N) is 3. The maximum absolute atomic E-state index is 11.6. The lowest BCUT2D eigenvalue weighted by atomic mass is 10.1. The first-order chi connectivity index (χ1) is 8.99. The second kappa shape index (κ2) is 7.99. The molecule has 3 amide bonds. The van der Waals surface area contributed by atoms with Crippen LogP contribution in [0.5, 0.6) is 0 Å². The lowest BCUT2D eigenvalue weighted by Gasteiger charge is -2.20. The molecule has 0 aromatic carbocycles. The van der Waals surface area contributed by atoms with Crippen molar-refractivity contribution in [2.24, 2.45) is 0 Å². The van der Waals surface area contributed by atoms with Crippen LogP contribution in [-0.2, 0) is 9.53 Å². The number of carbonyl (C=O) groups is 2. The Morgan fingerprint density at radius 1 is 1.26 bits per heavy atom. The van der Waals surface area contributed by atoms with Crippen LogP contribution in [0.15, 0.2) is 0 Å². The summed E-state index contributed by atoms with van der Waals surface area (Å²) in [6.45, 7) is 6.85. The molecule has 1 heterocycles. The third-order valence-electron chi connectivity index (χ3n) is 2.97. The van der Waals surface area contributed by atoms with Crippen molar-refractivity contribution in [2.75, 3.05) is 13.2 Å². The van der Waals surface area contributed by atoms with Crippen LogP contribution in [0.3, 0.4) is 0 Å². The van der Waals surface area contributed by atoms with Gasteiger partial charge in [-0.3, -0.25) is 4.79 Å². The molecule has 1 saturated heterocycles. The first-order valence-electron chi connectivity index (χ1n) is 6.94. The van der Waals surface area contributed by atoms with Crippen molar-refractivity contribution < 1.29 is 14.3 Å². The molecule has 0 spiro atoms. The van der Waals surface area contributed by atoms with Crippen molar-refractivity contribution >= 4 is 11.9 Å². The Kier molecular flexibility index (Phi) is 6.62. The van der Waals surface area contributed by atoms with Gasteiger partial charge in [0, 0.05) is 25.6 Å². The number of carbonyl (C=O) groups excluding carboxylic acids is 2. The first kappa shape index (κ1) is 15.8. The highest BCUT2D eigenvalue weighted by Crippen LogP contribution is 2.15. The molecule has 0 aromatic heterocycles. The Morgan fingerprint density at radius 3 is 2.58 bits per heavy atom. The van der Waals surface area contributed by atoms with Crippen molar-refractivity contribution in [3.63, 3.8) is 0 Å². The second-order valence-electron chi connectivity index (χ2n) is 5.21. The molecule has 0 bridgehead atoms. The number of hydrogen-bond donors (Lipinski definition) is 3. The van der Waals surface area contributed by atoms with E-state index in [1.165, 1.54) is 0 Å². The van der Waals surface area contributed by atoms with Crippen LogP contribution in [0.1, 0.15) is 40.0 Å². The maximum atomic E-state index is 11.6. The highest BCUT2D eigenvalue weighted by molar-refractivity contribution is 5.78. The zero-order valence-corrected chi connectivity index (χ0v) is 12.0. The lowest BCUT2D eigenvalue weighted by Crippen LogP contribution is -2.46. The predicted molar refractivity (Wildman–Crippen MR) is 72.9 cm³/mol. The summed E-state index contributed by atoms with van der Waals surface area (Å²) in [6, 6.07) is -0.131. The Labute approximate surface area is 114 Å². The Bertz CT molecular complexity index is 302. The van der Waals surface area contributed by atoms with E-state index < -0.39 is 0 Å². The smallest absolute Gasteiger partial charge is 0.315 e. The molecule has 1 aliphatic rings. The fourth-order valence-corrected chi connectivity index (χ4v) is 2.03. The van der Waals surface area contributed by atoms with Gasteiger partial charge in [0.05, 0.1) is 12.1 Å². The van der Waals surface area contributed by atoms with Crippen molar-refractivity contribution in [2.45, 2.75) is 58.2 Å². The van der Waals surface area contributed by atoms with Crippen LogP contribution >= 0.6 is 0 Å². The molecule has 2 unspecified atom stereocenters. The van der Waals surface area contributed by atoms with Crippen molar-refractivity contribution in [1.29, 1.82) is 0 Å². The summed E-state index contributed by atoms with van der Waals surface area (Å²) in [6.07, 6.45) is 2.43. The van der Waals surface area contributed by atoms with Gasteiger partial charge in [0.2, 0.25) is 5.91 Å². The van der Waals surface area contributed by atoms with E-state index in [2.05, 4.69) is 16.0 Å². The van der Waals surface area contributed by atoms with Gasteiger partial charge in [-0.15, -0.1) is 0 Å². The fourth-order valence-electron chi connectivity index (χ4n) is 2.03. The standard InChI is InChI=1S/C13H25N3O3/c1-9(2)15-12(17)6-7-14-13(18)16-10(3)11-5-4-8-19-11/h9-11H,4-8H2,1-3H3,(H,15,17)(H2,14,16,18). The van der Waals surface area contributed by atoms with Crippen LogP contribution in [0.25, 0.3) is 0 Å². The lowest BCUT2D eigenvalue weighted by molar-refractivity contribution is -0.121. The topological polar surface area (TPSA) is 79.5 Å². The third kappa shape index (κ3) is 6.42. The minimum atomic E-state index is -0.250. The quantitative estimate of drug-likeness (QED) is 0.667. The molecule has 110 valence electrons. The molecular weight excluding hydrogens is 246 g/mol. The SMILES string of the molecule is CC(C)NC(=O)CCNC(=O)NC(C)C1CCCO1. The molecule has 1 rings (SSSR count). The number of ether oxygens (including phenoxy) is 1. The van der Waals surface area contributed by atoms with E-state index in [4.69, 9.17) is 4.74 Å².